The Hall–Kier alpha value is -3.51. The largest absolute Gasteiger partial charge is 0.450 e. The average Bonchev–Trinajstić information content (AvgIpc) is 3.33. The number of rotatable bonds is 3. The van der Waals surface area contributed by atoms with Gasteiger partial charge in [0.25, 0.3) is 5.91 Å². The summed E-state index contributed by atoms with van der Waals surface area (Å²) in [6.07, 6.45) is 0. The minimum Gasteiger partial charge on any atom is -0.450 e. The summed E-state index contributed by atoms with van der Waals surface area (Å²) < 4.78 is 19.1. The molecule has 6 heteroatoms. The number of nitrogens with zero attached hydrogens (tertiary/aromatic N) is 1. The van der Waals surface area contributed by atoms with Crippen molar-refractivity contribution < 1.29 is 13.6 Å². The third kappa shape index (κ3) is 3.07. The van der Waals surface area contributed by atoms with E-state index in [1.165, 1.54) is 23.5 Å². The summed E-state index contributed by atoms with van der Waals surface area (Å²) in [5.41, 5.74) is 2.96. The van der Waals surface area contributed by atoms with E-state index in [-0.39, 0.29) is 17.5 Å². The molecule has 0 aliphatic rings. The van der Waals surface area contributed by atoms with Crippen molar-refractivity contribution in [2.45, 2.75) is 6.92 Å². The van der Waals surface area contributed by atoms with Crippen LogP contribution in [0.2, 0.25) is 0 Å². The van der Waals surface area contributed by atoms with Crippen molar-refractivity contribution in [2.75, 3.05) is 5.32 Å². The number of benzene rings is 3. The van der Waals surface area contributed by atoms with Gasteiger partial charge in [0.1, 0.15) is 11.4 Å². The molecule has 0 spiro atoms. The van der Waals surface area contributed by atoms with Gasteiger partial charge in [0.15, 0.2) is 10.9 Å². The molecule has 0 bridgehead atoms. The minimum atomic E-state index is -0.345. The summed E-state index contributed by atoms with van der Waals surface area (Å²) in [4.78, 5) is 17.3. The molecule has 1 amide bonds. The number of nitrogens with one attached hydrogen (secondary N) is 1. The van der Waals surface area contributed by atoms with Gasteiger partial charge in [-0.25, -0.2) is 9.37 Å². The normalized spacial score (nSPS) is 11.2. The molecule has 0 unspecified atom stereocenters. The number of hydrogen-bond acceptors (Lipinski definition) is 4. The van der Waals surface area contributed by atoms with Gasteiger partial charge in [-0.05, 0) is 36.6 Å². The number of furan rings is 1. The summed E-state index contributed by atoms with van der Waals surface area (Å²) in [5.74, 6) is -0.372. The standard InChI is InChI=1S/C23H15FN2O2S/c1-13-17-11-8-14-4-2-3-5-18(14)21(17)28-20(13)22(27)26-23-25-19(12-29-23)15-6-9-16(24)10-7-15/h2-12H,1H3,(H,25,26,27). The average molecular weight is 402 g/mol. The Balaban J connectivity index is 1.47. The summed E-state index contributed by atoms with van der Waals surface area (Å²) in [5, 5.41) is 8.04. The fraction of sp³-hybridized carbons (Fsp3) is 0.0435. The van der Waals surface area contributed by atoms with Crippen molar-refractivity contribution in [1.29, 1.82) is 0 Å². The van der Waals surface area contributed by atoms with Crippen LogP contribution in [-0.2, 0) is 0 Å². The van der Waals surface area contributed by atoms with Crippen LogP contribution < -0.4 is 5.32 Å². The highest BCUT2D eigenvalue weighted by Crippen LogP contribution is 2.32. The molecular formula is C23H15FN2O2S. The maximum absolute atomic E-state index is 13.1. The van der Waals surface area contributed by atoms with Gasteiger partial charge in [-0.1, -0.05) is 36.4 Å². The van der Waals surface area contributed by atoms with Gasteiger partial charge in [-0.15, -0.1) is 11.3 Å². The first kappa shape index (κ1) is 17.6. The number of hydrogen-bond donors (Lipinski definition) is 1. The Bertz CT molecular complexity index is 1370. The molecule has 0 fully saturated rings. The molecular weight excluding hydrogens is 387 g/mol. The molecule has 0 aliphatic carbocycles. The van der Waals surface area contributed by atoms with E-state index in [9.17, 15) is 9.18 Å². The highest BCUT2D eigenvalue weighted by Gasteiger charge is 2.20. The van der Waals surface area contributed by atoms with E-state index in [0.717, 1.165) is 27.3 Å². The van der Waals surface area contributed by atoms with Crippen LogP contribution in [0.25, 0.3) is 33.0 Å². The SMILES string of the molecule is Cc1c(C(=O)Nc2nc(-c3ccc(F)cc3)cs2)oc2c1ccc1ccccc12. The number of amides is 1. The number of thiazole rings is 1. The van der Waals surface area contributed by atoms with Gasteiger partial charge >= 0.3 is 0 Å². The topological polar surface area (TPSA) is 55.1 Å². The van der Waals surface area contributed by atoms with E-state index in [2.05, 4.69) is 10.3 Å². The predicted molar refractivity (Wildman–Crippen MR) is 114 cm³/mol. The Morgan fingerprint density at radius 1 is 1.03 bits per heavy atom. The predicted octanol–water partition coefficient (Wildman–Crippen LogP) is 6.41. The number of aromatic nitrogens is 1. The summed E-state index contributed by atoms with van der Waals surface area (Å²) in [6, 6.07) is 18.0. The van der Waals surface area contributed by atoms with Crippen LogP contribution in [0, 0.1) is 12.7 Å². The molecule has 3 aromatic carbocycles. The Kier molecular flexibility index (Phi) is 4.14. The van der Waals surface area contributed by atoms with Crippen molar-refractivity contribution in [2.24, 2.45) is 0 Å². The number of halogens is 1. The molecule has 0 saturated carbocycles. The summed E-state index contributed by atoms with van der Waals surface area (Å²) >= 11 is 1.31. The van der Waals surface area contributed by atoms with Crippen LogP contribution >= 0.6 is 11.3 Å². The summed E-state index contributed by atoms with van der Waals surface area (Å²) in [7, 11) is 0. The molecule has 2 heterocycles. The Morgan fingerprint density at radius 2 is 1.83 bits per heavy atom. The first-order valence-corrected chi connectivity index (χ1v) is 9.92. The van der Waals surface area contributed by atoms with Crippen LogP contribution in [0.3, 0.4) is 0 Å². The molecule has 1 N–H and O–H groups in total. The van der Waals surface area contributed by atoms with Crippen LogP contribution in [-0.4, -0.2) is 10.9 Å². The van der Waals surface area contributed by atoms with Crippen molar-refractivity contribution in [1.82, 2.24) is 4.98 Å². The zero-order valence-corrected chi connectivity index (χ0v) is 16.2. The lowest BCUT2D eigenvalue weighted by Gasteiger charge is -2.00. The zero-order valence-electron chi connectivity index (χ0n) is 15.4. The van der Waals surface area contributed by atoms with Gasteiger partial charge in [0.2, 0.25) is 0 Å². The van der Waals surface area contributed by atoms with Crippen LogP contribution in [0.1, 0.15) is 16.1 Å². The molecule has 2 aromatic heterocycles. The van der Waals surface area contributed by atoms with Crippen LogP contribution in [0.15, 0.2) is 70.5 Å². The number of aryl methyl sites for hydroxylation is 1. The number of fused-ring (bicyclic) bond motifs is 3. The first-order valence-electron chi connectivity index (χ1n) is 9.04. The van der Waals surface area contributed by atoms with Crippen molar-refractivity contribution in [3.05, 3.63) is 83.2 Å². The lowest BCUT2D eigenvalue weighted by Crippen LogP contribution is -2.11. The molecule has 4 nitrogen and oxygen atoms in total. The Labute approximate surface area is 169 Å². The second-order valence-corrected chi connectivity index (χ2v) is 7.58. The fourth-order valence-electron chi connectivity index (χ4n) is 3.40. The molecule has 29 heavy (non-hydrogen) atoms. The monoisotopic (exact) mass is 402 g/mol. The zero-order chi connectivity index (χ0) is 20.0. The van der Waals surface area contributed by atoms with E-state index >= 15 is 0 Å². The van der Waals surface area contributed by atoms with Gasteiger partial charge in [-0.2, -0.15) is 0 Å². The Morgan fingerprint density at radius 3 is 2.66 bits per heavy atom. The van der Waals surface area contributed by atoms with Crippen molar-refractivity contribution in [3.8, 4) is 11.3 Å². The number of carbonyl (C=O) groups excluding carboxylic acids is 1. The van der Waals surface area contributed by atoms with Crippen molar-refractivity contribution >= 4 is 44.1 Å². The highest BCUT2D eigenvalue weighted by molar-refractivity contribution is 7.14. The van der Waals surface area contributed by atoms with E-state index in [0.29, 0.717) is 16.4 Å². The van der Waals surface area contributed by atoms with Gasteiger partial charge < -0.3 is 4.42 Å². The molecule has 0 aliphatic heterocycles. The molecule has 0 atom stereocenters. The van der Waals surface area contributed by atoms with Gasteiger partial charge in [-0.3, -0.25) is 10.1 Å². The molecule has 0 radical (unpaired) electrons. The maximum atomic E-state index is 13.1. The molecule has 5 aromatic rings. The molecule has 0 saturated heterocycles. The maximum Gasteiger partial charge on any atom is 0.293 e. The van der Waals surface area contributed by atoms with Crippen molar-refractivity contribution in [3.63, 3.8) is 0 Å². The van der Waals surface area contributed by atoms with E-state index < -0.39 is 0 Å². The lowest BCUT2D eigenvalue weighted by molar-refractivity contribution is 0.0998. The first-order chi connectivity index (χ1) is 14.1. The smallest absolute Gasteiger partial charge is 0.293 e. The minimum absolute atomic E-state index is 0.273. The van der Waals surface area contributed by atoms with Crippen LogP contribution in [0.5, 0.6) is 0 Å². The molecule has 5 rings (SSSR count). The number of anilines is 1. The third-order valence-electron chi connectivity index (χ3n) is 4.90. The van der Waals surface area contributed by atoms with E-state index in [4.69, 9.17) is 4.42 Å². The quantitative estimate of drug-likeness (QED) is 0.379. The lowest BCUT2D eigenvalue weighted by atomic mass is 10.1. The number of carbonyl (C=O) groups is 1. The fourth-order valence-corrected chi connectivity index (χ4v) is 4.12. The second-order valence-electron chi connectivity index (χ2n) is 6.72. The van der Waals surface area contributed by atoms with Crippen LogP contribution in [0.4, 0.5) is 9.52 Å². The molecule has 142 valence electrons. The summed E-state index contributed by atoms with van der Waals surface area (Å²) in [6.45, 7) is 1.88. The second kappa shape index (κ2) is 6.83. The third-order valence-corrected chi connectivity index (χ3v) is 5.66. The highest BCUT2D eigenvalue weighted by atomic mass is 32.1. The van der Waals surface area contributed by atoms with Gasteiger partial charge in [0, 0.05) is 27.3 Å². The van der Waals surface area contributed by atoms with E-state index in [1.54, 1.807) is 12.1 Å². The van der Waals surface area contributed by atoms with Gasteiger partial charge in [0.05, 0.1) is 5.69 Å². The van der Waals surface area contributed by atoms with E-state index in [1.807, 2.05) is 48.7 Å².